The Balaban J connectivity index is 2.25. The van der Waals surface area contributed by atoms with E-state index in [1.807, 2.05) is 6.07 Å². The number of anilines is 1. The Morgan fingerprint density at radius 1 is 1.10 bits per heavy atom. The van der Waals surface area contributed by atoms with Crippen molar-refractivity contribution in [2.45, 2.75) is 13.3 Å². The molecule has 1 heterocycles. The smallest absolute Gasteiger partial charge is 0.224 e. The number of hydrogen-bond acceptors (Lipinski definition) is 6. The zero-order valence-electron chi connectivity index (χ0n) is 12.4. The van der Waals surface area contributed by atoms with Crippen molar-refractivity contribution in [1.29, 1.82) is 0 Å². The quantitative estimate of drug-likeness (QED) is 0.845. The Morgan fingerprint density at radius 3 is 2.43 bits per heavy atom. The number of hydrogen-bond donors (Lipinski definition) is 1. The maximum absolute atomic E-state index is 5.80. The molecule has 112 valence electrons. The minimum atomic E-state index is 0.423. The van der Waals surface area contributed by atoms with Crippen LogP contribution in [0.25, 0.3) is 0 Å². The number of methoxy groups -OCH3 is 2. The molecule has 0 spiro atoms. The van der Waals surface area contributed by atoms with Crippen LogP contribution in [0.3, 0.4) is 0 Å². The summed E-state index contributed by atoms with van der Waals surface area (Å²) in [6, 6.07) is 7.17. The fourth-order valence-electron chi connectivity index (χ4n) is 1.77. The summed E-state index contributed by atoms with van der Waals surface area (Å²) in [5.41, 5.74) is 0. The van der Waals surface area contributed by atoms with Crippen molar-refractivity contribution in [1.82, 2.24) is 9.97 Å². The van der Waals surface area contributed by atoms with Crippen LogP contribution in [0.5, 0.6) is 23.1 Å². The topological polar surface area (TPSA) is 65.5 Å². The molecule has 0 radical (unpaired) electrons. The molecule has 2 aromatic rings. The Morgan fingerprint density at radius 2 is 1.81 bits per heavy atom. The summed E-state index contributed by atoms with van der Waals surface area (Å²) >= 11 is 0. The lowest BCUT2D eigenvalue weighted by atomic mass is 10.3. The molecule has 0 saturated heterocycles. The summed E-state index contributed by atoms with van der Waals surface area (Å²) in [5, 5.41) is 3.18. The molecule has 0 saturated carbocycles. The molecular formula is C15H19N3O3. The Hall–Kier alpha value is -2.50. The lowest BCUT2D eigenvalue weighted by Crippen LogP contribution is -2.03. The fourth-order valence-corrected chi connectivity index (χ4v) is 1.77. The zero-order valence-corrected chi connectivity index (χ0v) is 12.4. The van der Waals surface area contributed by atoms with Crippen LogP contribution in [-0.4, -0.2) is 30.7 Å². The molecule has 0 bridgehead atoms. The van der Waals surface area contributed by atoms with Crippen LogP contribution in [0.4, 0.5) is 5.82 Å². The van der Waals surface area contributed by atoms with Gasteiger partial charge >= 0.3 is 0 Å². The molecule has 6 nitrogen and oxygen atoms in total. The van der Waals surface area contributed by atoms with Gasteiger partial charge in [-0.1, -0.05) is 13.0 Å². The highest BCUT2D eigenvalue weighted by atomic mass is 16.5. The number of ether oxygens (including phenoxy) is 3. The van der Waals surface area contributed by atoms with E-state index in [1.165, 1.54) is 6.33 Å². The highest BCUT2D eigenvalue weighted by molar-refractivity contribution is 5.53. The predicted molar refractivity (Wildman–Crippen MR) is 80.4 cm³/mol. The highest BCUT2D eigenvalue weighted by Gasteiger charge is 2.13. The summed E-state index contributed by atoms with van der Waals surface area (Å²) in [4.78, 5) is 8.25. The van der Waals surface area contributed by atoms with E-state index >= 15 is 0 Å². The lowest BCUT2D eigenvalue weighted by molar-refractivity contribution is 0.342. The monoisotopic (exact) mass is 289 g/mol. The average molecular weight is 289 g/mol. The molecule has 0 atom stereocenters. The molecule has 0 amide bonds. The number of rotatable bonds is 7. The maximum Gasteiger partial charge on any atom is 0.224 e. The first-order chi connectivity index (χ1) is 10.3. The molecule has 1 aromatic heterocycles. The minimum Gasteiger partial charge on any atom is -0.493 e. The second-order valence-electron chi connectivity index (χ2n) is 4.26. The number of nitrogens with one attached hydrogen (secondary N) is 1. The van der Waals surface area contributed by atoms with Gasteiger partial charge in [-0.05, 0) is 18.6 Å². The summed E-state index contributed by atoms with van der Waals surface area (Å²) < 4.78 is 16.4. The van der Waals surface area contributed by atoms with Crippen molar-refractivity contribution in [3.8, 4) is 23.1 Å². The van der Waals surface area contributed by atoms with E-state index in [9.17, 15) is 0 Å². The van der Waals surface area contributed by atoms with Gasteiger partial charge in [0.2, 0.25) is 11.6 Å². The van der Waals surface area contributed by atoms with Crippen LogP contribution in [0, 0.1) is 0 Å². The van der Waals surface area contributed by atoms with Crippen LogP contribution in [0.1, 0.15) is 13.3 Å². The van der Waals surface area contributed by atoms with E-state index in [2.05, 4.69) is 22.2 Å². The minimum absolute atomic E-state index is 0.423. The molecule has 0 unspecified atom stereocenters. The molecule has 2 rings (SSSR count). The first-order valence-electron chi connectivity index (χ1n) is 6.73. The van der Waals surface area contributed by atoms with Gasteiger partial charge in [0.25, 0.3) is 0 Å². The predicted octanol–water partition coefficient (Wildman–Crippen LogP) is 3.11. The van der Waals surface area contributed by atoms with Gasteiger partial charge in [-0.2, -0.15) is 0 Å². The normalized spacial score (nSPS) is 10.0. The van der Waals surface area contributed by atoms with E-state index in [0.29, 0.717) is 23.1 Å². The summed E-state index contributed by atoms with van der Waals surface area (Å²) in [5.74, 6) is 2.79. The molecule has 0 aliphatic rings. The Labute approximate surface area is 124 Å². The Bertz CT molecular complexity index is 568. The van der Waals surface area contributed by atoms with Gasteiger partial charge in [0, 0.05) is 12.6 Å². The molecule has 21 heavy (non-hydrogen) atoms. The number of para-hydroxylation sites is 1. The van der Waals surface area contributed by atoms with Crippen molar-refractivity contribution >= 4 is 5.82 Å². The van der Waals surface area contributed by atoms with E-state index < -0.39 is 0 Å². The van der Waals surface area contributed by atoms with Crippen LogP contribution >= 0.6 is 0 Å². The van der Waals surface area contributed by atoms with Crippen LogP contribution < -0.4 is 19.5 Å². The molecule has 1 aromatic carbocycles. The zero-order chi connectivity index (χ0) is 15.1. The average Bonchev–Trinajstić information content (AvgIpc) is 2.53. The van der Waals surface area contributed by atoms with Gasteiger partial charge in [-0.3, -0.25) is 0 Å². The molecule has 0 fully saturated rings. The summed E-state index contributed by atoms with van der Waals surface area (Å²) in [6.45, 7) is 2.93. The first kappa shape index (κ1) is 14.9. The second-order valence-corrected chi connectivity index (χ2v) is 4.26. The maximum atomic E-state index is 5.80. The lowest BCUT2D eigenvalue weighted by Gasteiger charge is -2.13. The van der Waals surface area contributed by atoms with Crippen molar-refractivity contribution in [2.24, 2.45) is 0 Å². The molecule has 1 N–H and O–H groups in total. The van der Waals surface area contributed by atoms with Gasteiger partial charge in [-0.15, -0.1) is 0 Å². The largest absolute Gasteiger partial charge is 0.493 e. The van der Waals surface area contributed by atoms with Crippen molar-refractivity contribution < 1.29 is 14.2 Å². The number of nitrogens with zero attached hydrogens (tertiary/aromatic N) is 2. The first-order valence-corrected chi connectivity index (χ1v) is 6.73. The fraction of sp³-hybridized carbons (Fsp3) is 0.333. The van der Waals surface area contributed by atoms with Gasteiger partial charge in [0.1, 0.15) is 12.1 Å². The van der Waals surface area contributed by atoms with Crippen molar-refractivity contribution in [2.75, 3.05) is 26.1 Å². The van der Waals surface area contributed by atoms with Gasteiger partial charge in [-0.25, -0.2) is 9.97 Å². The van der Waals surface area contributed by atoms with Crippen LogP contribution in [-0.2, 0) is 0 Å². The van der Waals surface area contributed by atoms with Crippen molar-refractivity contribution in [3.63, 3.8) is 0 Å². The second kappa shape index (κ2) is 7.33. The van der Waals surface area contributed by atoms with Crippen molar-refractivity contribution in [3.05, 3.63) is 30.6 Å². The summed E-state index contributed by atoms with van der Waals surface area (Å²) in [7, 11) is 3.16. The van der Waals surface area contributed by atoms with Gasteiger partial charge in [0.05, 0.1) is 14.2 Å². The van der Waals surface area contributed by atoms with Crippen LogP contribution in [0.2, 0.25) is 0 Å². The molecule has 0 aliphatic heterocycles. The SMILES string of the molecule is CCCNc1cc(Oc2c(OC)cccc2OC)ncn1. The van der Waals surface area contributed by atoms with Crippen LogP contribution in [0.15, 0.2) is 30.6 Å². The number of benzene rings is 1. The molecular weight excluding hydrogens is 270 g/mol. The third kappa shape index (κ3) is 3.75. The van der Waals surface area contributed by atoms with Gasteiger partial charge in [0.15, 0.2) is 11.5 Å². The third-order valence-electron chi connectivity index (χ3n) is 2.79. The third-order valence-corrected chi connectivity index (χ3v) is 2.79. The van der Waals surface area contributed by atoms with E-state index in [0.717, 1.165) is 18.8 Å². The van der Waals surface area contributed by atoms with E-state index in [4.69, 9.17) is 14.2 Å². The van der Waals surface area contributed by atoms with E-state index in [1.54, 1.807) is 32.4 Å². The highest BCUT2D eigenvalue weighted by Crippen LogP contribution is 2.39. The van der Waals surface area contributed by atoms with E-state index in [-0.39, 0.29) is 0 Å². The Kier molecular flexibility index (Phi) is 5.20. The molecule has 6 heteroatoms. The number of aromatic nitrogens is 2. The van der Waals surface area contributed by atoms with Gasteiger partial charge < -0.3 is 19.5 Å². The molecule has 0 aliphatic carbocycles. The summed E-state index contributed by atoms with van der Waals surface area (Å²) in [6.07, 6.45) is 2.47. The standard InChI is InChI=1S/C15H19N3O3/c1-4-8-16-13-9-14(18-10-17-13)21-15-11(19-2)6-5-7-12(15)20-3/h5-7,9-10H,4,8H2,1-3H3,(H,16,17,18).